The Morgan fingerprint density at radius 1 is 1.39 bits per heavy atom. The predicted octanol–water partition coefficient (Wildman–Crippen LogP) is 1.92. The molecule has 0 aliphatic heterocycles. The normalized spacial score (nSPS) is 13.2. The maximum Gasteiger partial charge on any atom is 0.331 e. The maximum absolute atomic E-state index is 11.2. The molecule has 0 fully saturated rings. The summed E-state index contributed by atoms with van der Waals surface area (Å²) in [5.41, 5.74) is -0.304. The number of esters is 1. The first-order valence-corrected chi connectivity index (χ1v) is 5.47. The van der Waals surface area contributed by atoms with Gasteiger partial charge in [-0.3, -0.25) is 4.79 Å². The Kier molecular flexibility index (Phi) is 4.66. The van der Waals surface area contributed by atoms with Crippen LogP contribution < -0.4 is 4.74 Å². The highest BCUT2D eigenvalue weighted by Crippen LogP contribution is 2.18. The number of aldehydes is 1. The van der Waals surface area contributed by atoms with E-state index in [1.165, 1.54) is 0 Å². The van der Waals surface area contributed by atoms with E-state index in [0.717, 1.165) is 17.4 Å². The number of carbonyl (C=O) groups is 2. The van der Waals surface area contributed by atoms with Crippen LogP contribution >= 0.6 is 0 Å². The Morgan fingerprint density at radius 3 is 2.44 bits per heavy atom. The van der Waals surface area contributed by atoms with Crippen molar-refractivity contribution in [1.82, 2.24) is 0 Å². The molecule has 1 atom stereocenters. The minimum Gasteiger partial charge on any atom is -0.497 e. The first kappa shape index (κ1) is 14.0. The molecule has 1 aromatic carbocycles. The second kappa shape index (κ2) is 6.00. The van der Waals surface area contributed by atoms with Crippen molar-refractivity contribution in [1.29, 1.82) is 0 Å². The smallest absolute Gasteiger partial charge is 0.331 e. The fourth-order valence-corrected chi connectivity index (χ4v) is 1.52. The van der Waals surface area contributed by atoms with Crippen LogP contribution in [0.3, 0.4) is 0 Å². The van der Waals surface area contributed by atoms with Crippen LogP contribution in [0.2, 0.25) is 0 Å². The SMILES string of the molecule is C=CC(=O)OC(C)(C=O)Cc1ccc(OC)cc1. The van der Waals surface area contributed by atoms with Crippen molar-refractivity contribution in [2.45, 2.75) is 18.9 Å². The number of hydrogen-bond acceptors (Lipinski definition) is 4. The van der Waals surface area contributed by atoms with Gasteiger partial charge in [0.2, 0.25) is 0 Å². The number of methoxy groups -OCH3 is 1. The van der Waals surface area contributed by atoms with Crippen LogP contribution in [0, 0.1) is 0 Å². The second-order valence-corrected chi connectivity index (χ2v) is 4.08. The average Bonchev–Trinajstić information content (AvgIpc) is 2.39. The molecule has 0 saturated carbocycles. The summed E-state index contributed by atoms with van der Waals surface area (Å²) >= 11 is 0. The minimum atomic E-state index is -1.18. The quantitative estimate of drug-likeness (QED) is 0.438. The van der Waals surface area contributed by atoms with E-state index in [1.807, 2.05) is 12.1 Å². The van der Waals surface area contributed by atoms with Crippen LogP contribution in [0.4, 0.5) is 0 Å². The van der Waals surface area contributed by atoms with Gasteiger partial charge in [-0.15, -0.1) is 0 Å². The Bertz CT molecular complexity index is 436. The van der Waals surface area contributed by atoms with Crippen LogP contribution in [0.1, 0.15) is 12.5 Å². The number of rotatable bonds is 6. The summed E-state index contributed by atoms with van der Waals surface area (Å²) in [7, 11) is 1.58. The van der Waals surface area contributed by atoms with E-state index >= 15 is 0 Å². The third kappa shape index (κ3) is 3.73. The molecular formula is C14H16O4. The molecule has 0 bridgehead atoms. The molecule has 4 nitrogen and oxygen atoms in total. The Morgan fingerprint density at radius 2 is 2.00 bits per heavy atom. The number of hydrogen-bond donors (Lipinski definition) is 0. The highest BCUT2D eigenvalue weighted by molar-refractivity contribution is 5.83. The molecule has 0 heterocycles. The van der Waals surface area contributed by atoms with Crippen LogP contribution in [-0.2, 0) is 20.7 Å². The van der Waals surface area contributed by atoms with E-state index in [1.54, 1.807) is 26.2 Å². The van der Waals surface area contributed by atoms with E-state index in [0.29, 0.717) is 12.7 Å². The van der Waals surface area contributed by atoms with Crippen LogP contribution in [0.5, 0.6) is 5.75 Å². The summed E-state index contributed by atoms with van der Waals surface area (Å²) in [6.45, 7) is 4.86. The number of benzene rings is 1. The molecule has 0 spiro atoms. The summed E-state index contributed by atoms with van der Waals surface area (Å²) < 4.78 is 10.1. The maximum atomic E-state index is 11.2. The molecule has 0 amide bonds. The molecule has 0 aromatic heterocycles. The summed E-state index contributed by atoms with van der Waals surface area (Å²) in [5, 5.41) is 0. The molecule has 1 rings (SSSR count). The highest BCUT2D eigenvalue weighted by Gasteiger charge is 2.27. The molecule has 1 unspecified atom stereocenters. The monoisotopic (exact) mass is 248 g/mol. The summed E-state index contributed by atoms with van der Waals surface area (Å²) in [5.74, 6) is 0.118. The molecular weight excluding hydrogens is 232 g/mol. The van der Waals surface area contributed by atoms with Gasteiger partial charge in [-0.2, -0.15) is 0 Å². The predicted molar refractivity (Wildman–Crippen MR) is 67.5 cm³/mol. The van der Waals surface area contributed by atoms with Crippen LogP contribution in [-0.4, -0.2) is 25.0 Å². The van der Waals surface area contributed by atoms with Gasteiger partial charge >= 0.3 is 5.97 Å². The zero-order valence-electron chi connectivity index (χ0n) is 10.5. The summed E-state index contributed by atoms with van der Waals surface area (Å²) in [6.07, 6.45) is 1.97. The van der Waals surface area contributed by atoms with Crippen LogP contribution in [0.25, 0.3) is 0 Å². The topological polar surface area (TPSA) is 52.6 Å². The number of carbonyl (C=O) groups excluding carboxylic acids is 2. The standard InChI is InChI=1S/C14H16O4/c1-4-13(16)18-14(2,10-15)9-11-5-7-12(17-3)8-6-11/h4-8,10H,1,9H2,2-3H3. The summed E-state index contributed by atoms with van der Waals surface area (Å²) in [4.78, 5) is 22.2. The van der Waals surface area contributed by atoms with Crippen LogP contribution in [0.15, 0.2) is 36.9 Å². The highest BCUT2D eigenvalue weighted by atomic mass is 16.6. The van der Waals surface area contributed by atoms with Gasteiger partial charge in [0, 0.05) is 12.5 Å². The van der Waals surface area contributed by atoms with Crippen molar-refractivity contribution in [2.24, 2.45) is 0 Å². The molecule has 0 aliphatic carbocycles. The first-order valence-electron chi connectivity index (χ1n) is 5.47. The van der Waals surface area contributed by atoms with Crippen molar-refractivity contribution in [2.75, 3.05) is 7.11 Å². The lowest BCUT2D eigenvalue weighted by Crippen LogP contribution is -2.35. The average molecular weight is 248 g/mol. The Balaban J connectivity index is 2.80. The van der Waals surface area contributed by atoms with Gasteiger partial charge in [0.05, 0.1) is 7.11 Å². The van der Waals surface area contributed by atoms with Crippen molar-refractivity contribution in [3.63, 3.8) is 0 Å². The van der Waals surface area contributed by atoms with Crippen molar-refractivity contribution in [3.8, 4) is 5.75 Å². The van der Waals surface area contributed by atoms with Gasteiger partial charge in [0.15, 0.2) is 11.9 Å². The molecule has 1 aromatic rings. The molecule has 0 N–H and O–H groups in total. The fraction of sp³-hybridized carbons (Fsp3) is 0.286. The molecule has 96 valence electrons. The van der Waals surface area contributed by atoms with E-state index < -0.39 is 11.6 Å². The lowest BCUT2D eigenvalue weighted by molar-refractivity contribution is -0.155. The molecule has 4 heteroatoms. The second-order valence-electron chi connectivity index (χ2n) is 4.08. The molecule has 18 heavy (non-hydrogen) atoms. The number of ether oxygens (including phenoxy) is 2. The van der Waals surface area contributed by atoms with Gasteiger partial charge in [-0.05, 0) is 24.6 Å². The van der Waals surface area contributed by atoms with E-state index in [2.05, 4.69) is 6.58 Å². The largest absolute Gasteiger partial charge is 0.497 e. The van der Waals surface area contributed by atoms with Gasteiger partial charge in [-0.1, -0.05) is 18.7 Å². The third-order valence-electron chi connectivity index (χ3n) is 2.46. The van der Waals surface area contributed by atoms with E-state index in [9.17, 15) is 9.59 Å². The van der Waals surface area contributed by atoms with Crippen molar-refractivity contribution >= 4 is 12.3 Å². The molecule has 0 saturated heterocycles. The lowest BCUT2D eigenvalue weighted by Gasteiger charge is -2.22. The molecule has 0 aliphatic rings. The van der Waals surface area contributed by atoms with Crippen molar-refractivity contribution < 1.29 is 19.1 Å². The lowest BCUT2D eigenvalue weighted by atomic mass is 9.97. The molecule has 0 radical (unpaired) electrons. The third-order valence-corrected chi connectivity index (χ3v) is 2.46. The van der Waals surface area contributed by atoms with Crippen molar-refractivity contribution in [3.05, 3.63) is 42.5 Å². The first-order chi connectivity index (χ1) is 8.53. The minimum absolute atomic E-state index is 0.306. The van der Waals surface area contributed by atoms with Gasteiger partial charge < -0.3 is 9.47 Å². The Labute approximate surface area is 106 Å². The van der Waals surface area contributed by atoms with E-state index in [-0.39, 0.29) is 0 Å². The van der Waals surface area contributed by atoms with E-state index in [4.69, 9.17) is 9.47 Å². The Hall–Kier alpha value is -2.10. The van der Waals surface area contributed by atoms with Gasteiger partial charge in [0.25, 0.3) is 0 Å². The fourth-order valence-electron chi connectivity index (χ4n) is 1.52. The van der Waals surface area contributed by atoms with Gasteiger partial charge in [0.1, 0.15) is 5.75 Å². The van der Waals surface area contributed by atoms with Gasteiger partial charge in [-0.25, -0.2) is 4.79 Å². The summed E-state index contributed by atoms with van der Waals surface area (Å²) in [6, 6.07) is 7.22. The zero-order valence-corrected chi connectivity index (χ0v) is 10.5. The zero-order chi connectivity index (χ0) is 13.6.